The first-order valence-electron chi connectivity index (χ1n) is 8.85. The minimum absolute atomic E-state index is 0.287. The van der Waals surface area contributed by atoms with Crippen LogP contribution in [0.4, 0.5) is 0 Å². The van der Waals surface area contributed by atoms with Crippen molar-refractivity contribution in [2.24, 2.45) is 10.8 Å². The SMILES string of the molecule is COc1cccc(OC)c1C1(O)C=C(C(C)(C)C)C(=N)C(C(C)(C)C)=C1. The first-order valence-corrected chi connectivity index (χ1v) is 8.85. The van der Waals surface area contributed by atoms with Crippen molar-refractivity contribution >= 4 is 5.71 Å². The van der Waals surface area contributed by atoms with Crippen LogP contribution in [0.3, 0.4) is 0 Å². The highest BCUT2D eigenvalue weighted by atomic mass is 16.5. The standard InChI is InChI=1S/C22H31NO3/c1-20(2,3)14-12-22(24,13-15(19(14)23)21(4,5)6)18-16(25-7)10-9-11-17(18)26-8/h9-13,23-24H,1-8H3. The van der Waals surface area contributed by atoms with Crippen molar-refractivity contribution < 1.29 is 14.6 Å². The molecule has 1 aliphatic carbocycles. The van der Waals surface area contributed by atoms with Gasteiger partial charge in [0.2, 0.25) is 0 Å². The topological polar surface area (TPSA) is 62.5 Å². The molecule has 2 rings (SSSR count). The quantitative estimate of drug-likeness (QED) is 0.811. The summed E-state index contributed by atoms with van der Waals surface area (Å²) in [6.07, 6.45) is 3.54. The van der Waals surface area contributed by atoms with Crippen molar-refractivity contribution in [3.05, 3.63) is 47.1 Å². The van der Waals surface area contributed by atoms with E-state index in [2.05, 4.69) is 41.5 Å². The smallest absolute Gasteiger partial charge is 0.135 e. The fourth-order valence-electron chi connectivity index (χ4n) is 3.34. The molecule has 1 aromatic rings. The fourth-order valence-corrected chi connectivity index (χ4v) is 3.34. The van der Waals surface area contributed by atoms with Gasteiger partial charge in [0.1, 0.15) is 17.1 Å². The zero-order chi connectivity index (χ0) is 19.9. The molecule has 0 amide bonds. The lowest BCUT2D eigenvalue weighted by Gasteiger charge is -2.39. The number of benzene rings is 1. The fraction of sp³-hybridized carbons (Fsp3) is 0.500. The predicted octanol–water partition coefficient (Wildman–Crippen LogP) is 4.87. The Hall–Kier alpha value is -2.07. The Balaban J connectivity index is 2.86. The number of allylic oxidation sites excluding steroid dienone is 2. The molecule has 0 bridgehead atoms. The molecule has 0 unspecified atom stereocenters. The van der Waals surface area contributed by atoms with E-state index in [0.717, 1.165) is 11.1 Å². The number of hydrogen-bond acceptors (Lipinski definition) is 4. The first-order chi connectivity index (χ1) is 11.8. The second-order valence-electron chi connectivity index (χ2n) is 8.85. The molecule has 0 aliphatic heterocycles. The molecule has 4 heteroatoms. The van der Waals surface area contributed by atoms with Crippen molar-refractivity contribution in [2.45, 2.75) is 47.1 Å². The number of rotatable bonds is 3. The van der Waals surface area contributed by atoms with Gasteiger partial charge in [0.25, 0.3) is 0 Å². The Bertz CT molecular complexity index is 717. The van der Waals surface area contributed by atoms with Crippen LogP contribution in [-0.4, -0.2) is 25.0 Å². The van der Waals surface area contributed by atoms with Crippen molar-refractivity contribution in [1.29, 1.82) is 5.41 Å². The molecule has 142 valence electrons. The highest BCUT2D eigenvalue weighted by molar-refractivity contribution is 6.13. The number of nitrogens with one attached hydrogen (secondary N) is 1. The number of aliphatic hydroxyl groups is 1. The summed E-state index contributed by atoms with van der Waals surface area (Å²) in [5.41, 5.74) is 0.648. The largest absolute Gasteiger partial charge is 0.496 e. The molecule has 0 heterocycles. The van der Waals surface area contributed by atoms with E-state index in [1.807, 2.05) is 18.2 Å². The van der Waals surface area contributed by atoms with E-state index in [0.29, 0.717) is 22.8 Å². The van der Waals surface area contributed by atoms with Crippen LogP contribution in [0.2, 0.25) is 0 Å². The molecular weight excluding hydrogens is 326 g/mol. The van der Waals surface area contributed by atoms with Gasteiger partial charge in [-0.05, 0) is 46.3 Å². The van der Waals surface area contributed by atoms with Gasteiger partial charge in [-0.1, -0.05) is 47.6 Å². The lowest BCUT2D eigenvalue weighted by Crippen LogP contribution is -2.35. The molecule has 0 radical (unpaired) electrons. The van der Waals surface area contributed by atoms with E-state index in [1.54, 1.807) is 26.4 Å². The molecule has 4 nitrogen and oxygen atoms in total. The van der Waals surface area contributed by atoms with Gasteiger partial charge in [0, 0.05) is 0 Å². The van der Waals surface area contributed by atoms with Crippen LogP contribution in [0.1, 0.15) is 47.1 Å². The van der Waals surface area contributed by atoms with Crippen molar-refractivity contribution in [3.8, 4) is 11.5 Å². The zero-order valence-corrected chi connectivity index (χ0v) is 17.2. The average molecular weight is 357 g/mol. The zero-order valence-electron chi connectivity index (χ0n) is 17.2. The molecular formula is C22H31NO3. The van der Waals surface area contributed by atoms with Crippen LogP contribution in [0, 0.1) is 16.2 Å². The van der Waals surface area contributed by atoms with Crippen LogP contribution in [0.25, 0.3) is 0 Å². The van der Waals surface area contributed by atoms with Crippen molar-refractivity contribution in [3.63, 3.8) is 0 Å². The summed E-state index contributed by atoms with van der Waals surface area (Å²) in [4.78, 5) is 0. The molecule has 0 saturated carbocycles. The third-order valence-corrected chi connectivity index (χ3v) is 4.71. The third-order valence-electron chi connectivity index (χ3n) is 4.71. The van der Waals surface area contributed by atoms with Crippen LogP contribution in [0.5, 0.6) is 11.5 Å². The first kappa shape index (κ1) is 20.2. The average Bonchev–Trinajstić information content (AvgIpc) is 2.54. The molecule has 2 N–H and O–H groups in total. The van der Waals surface area contributed by atoms with Gasteiger partial charge < -0.3 is 20.0 Å². The molecule has 1 aliphatic rings. The third kappa shape index (κ3) is 3.56. The second-order valence-corrected chi connectivity index (χ2v) is 8.85. The Morgan fingerprint density at radius 1 is 0.846 bits per heavy atom. The Labute approximate surface area is 157 Å². The molecule has 0 saturated heterocycles. The van der Waals surface area contributed by atoms with E-state index in [4.69, 9.17) is 14.9 Å². The predicted molar refractivity (Wildman–Crippen MR) is 106 cm³/mol. The van der Waals surface area contributed by atoms with Gasteiger partial charge in [0.05, 0.1) is 25.5 Å². The maximum atomic E-state index is 11.7. The molecule has 26 heavy (non-hydrogen) atoms. The van der Waals surface area contributed by atoms with Crippen molar-refractivity contribution in [2.75, 3.05) is 14.2 Å². The maximum Gasteiger partial charge on any atom is 0.135 e. The highest BCUT2D eigenvalue weighted by Crippen LogP contribution is 2.47. The van der Waals surface area contributed by atoms with Crippen LogP contribution in [-0.2, 0) is 5.60 Å². The number of hydrogen-bond donors (Lipinski definition) is 2. The van der Waals surface area contributed by atoms with Crippen LogP contribution >= 0.6 is 0 Å². The van der Waals surface area contributed by atoms with Gasteiger partial charge in [-0.15, -0.1) is 0 Å². The Morgan fingerprint density at radius 2 is 1.23 bits per heavy atom. The summed E-state index contributed by atoms with van der Waals surface area (Å²) < 4.78 is 11.0. The summed E-state index contributed by atoms with van der Waals surface area (Å²) in [6, 6.07) is 5.45. The number of methoxy groups -OCH3 is 2. The normalized spacial score (nSPS) is 21.2. The summed E-state index contributed by atoms with van der Waals surface area (Å²) in [6.45, 7) is 12.3. The summed E-state index contributed by atoms with van der Waals surface area (Å²) in [5.74, 6) is 1.10. The van der Waals surface area contributed by atoms with Gasteiger partial charge in [-0.2, -0.15) is 0 Å². The van der Waals surface area contributed by atoms with E-state index < -0.39 is 5.60 Å². The van der Waals surface area contributed by atoms with Gasteiger partial charge in [0.15, 0.2) is 0 Å². The summed E-state index contributed by atoms with van der Waals surface area (Å²) >= 11 is 0. The highest BCUT2D eigenvalue weighted by Gasteiger charge is 2.41. The molecule has 0 atom stereocenters. The lowest BCUT2D eigenvalue weighted by atomic mass is 9.68. The maximum absolute atomic E-state index is 11.7. The Morgan fingerprint density at radius 3 is 1.54 bits per heavy atom. The van der Waals surface area contributed by atoms with Crippen LogP contribution < -0.4 is 9.47 Å². The summed E-state index contributed by atoms with van der Waals surface area (Å²) in [5, 5.41) is 20.5. The molecule has 1 aromatic carbocycles. The lowest BCUT2D eigenvalue weighted by molar-refractivity contribution is 0.130. The summed E-state index contributed by atoms with van der Waals surface area (Å²) in [7, 11) is 3.16. The van der Waals surface area contributed by atoms with Crippen LogP contribution in [0.15, 0.2) is 41.5 Å². The van der Waals surface area contributed by atoms with E-state index in [1.165, 1.54) is 0 Å². The second kappa shape index (κ2) is 6.58. The minimum atomic E-state index is -1.42. The molecule has 0 aromatic heterocycles. The molecule has 0 spiro atoms. The monoisotopic (exact) mass is 357 g/mol. The van der Waals surface area contributed by atoms with Crippen molar-refractivity contribution in [1.82, 2.24) is 0 Å². The van der Waals surface area contributed by atoms with Gasteiger partial charge in [-0.25, -0.2) is 0 Å². The Kier molecular flexibility index (Phi) is 5.13. The molecule has 0 fully saturated rings. The van der Waals surface area contributed by atoms with E-state index in [-0.39, 0.29) is 10.8 Å². The number of ether oxygens (including phenoxy) is 2. The van der Waals surface area contributed by atoms with E-state index >= 15 is 0 Å². The minimum Gasteiger partial charge on any atom is -0.496 e. The van der Waals surface area contributed by atoms with Gasteiger partial charge >= 0.3 is 0 Å². The van der Waals surface area contributed by atoms with Gasteiger partial charge in [-0.3, -0.25) is 0 Å². The van der Waals surface area contributed by atoms with E-state index in [9.17, 15) is 5.11 Å².